The van der Waals surface area contributed by atoms with Gasteiger partial charge in [-0.1, -0.05) is 38.1 Å². The first-order chi connectivity index (χ1) is 13.4. The molecule has 1 amide bonds. The first kappa shape index (κ1) is 19.7. The monoisotopic (exact) mass is 383 g/mol. The highest BCUT2D eigenvalue weighted by Crippen LogP contribution is 2.34. The Morgan fingerprint density at radius 1 is 1.07 bits per heavy atom. The molecule has 6 nitrogen and oxygen atoms in total. The summed E-state index contributed by atoms with van der Waals surface area (Å²) >= 11 is 0. The Balaban J connectivity index is 1.78. The van der Waals surface area contributed by atoms with Crippen molar-refractivity contribution in [3.8, 4) is 11.5 Å². The second-order valence-electron chi connectivity index (χ2n) is 7.03. The second-order valence-corrected chi connectivity index (χ2v) is 7.03. The third-order valence-electron chi connectivity index (χ3n) is 4.71. The summed E-state index contributed by atoms with van der Waals surface area (Å²) in [6.45, 7) is 6.01. The minimum atomic E-state index is -0.874. The van der Waals surface area contributed by atoms with Crippen molar-refractivity contribution in [1.29, 1.82) is 0 Å². The summed E-state index contributed by atoms with van der Waals surface area (Å²) < 4.78 is 16.3. The lowest BCUT2D eigenvalue weighted by atomic mass is 10.0. The average Bonchev–Trinajstić information content (AvgIpc) is 2.72. The number of nitrogens with zero attached hydrogens (tertiary/aromatic N) is 1. The van der Waals surface area contributed by atoms with Crippen LogP contribution < -0.4 is 14.4 Å². The van der Waals surface area contributed by atoms with E-state index in [2.05, 4.69) is 13.8 Å². The predicted molar refractivity (Wildman–Crippen MR) is 106 cm³/mol. The fourth-order valence-electron chi connectivity index (χ4n) is 3.10. The Labute approximate surface area is 165 Å². The Bertz CT molecular complexity index is 846. The summed E-state index contributed by atoms with van der Waals surface area (Å²) in [5.74, 6) is 0.734. The average molecular weight is 383 g/mol. The van der Waals surface area contributed by atoms with Gasteiger partial charge in [-0.05, 0) is 42.7 Å². The molecule has 0 N–H and O–H groups in total. The number of methoxy groups -OCH3 is 1. The molecule has 6 heteroatoms. The van der Waals surface area contributed by atoms with Crippen LogP contribution in [0.5, 0.6) is 11.5 Å². The van der Waals surface area contributed by atoms with Crippen LogP contribution in [0.15, 0.2) is 48.5 Å². The van der Waals surface area contributed by atoms with E-state index in [-0.39, 0.29) is 12.5 Å². The van der Waals surface area contributed by atoms with Crippen molar-refractivity contribution in [3.63, 3.8) is 0 Å². The summed E-state index contributed by atoms with van der Waals surface area (Å²) in [4.78, 5) is 26.6. The van der Waals surface area contributed by atoms with Gasteiger partial charge in [-0.2, -0.15) is 0 Å². The molecule has 2 atom stereocenters. The predicted octanol–water partition coefficient (Wildman–Crippen LogP) is 3.54. The van der Waals surface area contributed by atoms with Crippen LogP contribution in [0.2, 0.25) is 0 Å². The van der Waals surface area contributed by atoms with E-state index >= 15 is 0 Å². The topological polar surface area (TPSA) is 65.1 Å². The summed E-state index contributed by atoms with van der Waals surface area (Å²) in [5, 5.41) is 0. The van der Waals surface area contributed by atoms with Gasteiger partial charge in [-0.25, -0.2) is 4.79 Å². The molecule has 3 rings (SSSR count). The van der Waals surface area contributed by atoms with Crippen molar-refractivity contribution in [2.45, 2.75) is 38.9 Å². The maximum Gasteiger partial charge on any atom is 0.348 e. The molecule has 28 heavy (non-hydrogen) atoms. The highest BCUT2D eigenvalue weighted by Gasteiger charge is 2.36. The first-order valence-electron chi connectivity index (χ1n) is 9.32. The molecule has 0 saturated heterocycles. The van der Waals surface area contributed by atoms with Gasteiger partial charge >= 0.3 is 5.97 Å². The fourth-order valence-corrected chi connectivity index (χ4v) is 3.10. The number of rotatable bonds is 5. The third-order valence-corrected chi connectivity index (χ3v) is 4.71. The molecule has 0 spiro atoms. The zero-order valence-corrected chi connectivity index (χ0v) is 16.5. The molecule has 2 aromatic carbocycles. The Morgan fingerprint density at radius 3 is 2.39 bits per heavy atom. The van der Waals surface area contributed by atoms with Crippen LogP contribution in [0.25, 0.3) is 0 Å². The first-order valence-corrected chi connectivity index (χ1v) is 9.32. The van der Waals surface area contributed by atoms with Gasteiger partial charge in [0.05, 0.1) is 19.3 Å². The molecule has 2 aromatic rings. The molecule has 148 valence electrons. The van der Waals surface area contributed by atoms with Crippen molar-refractivity contribution < 1.29 is 23.8 Å². The molecule has 0 aromatic heterocycles. The minimum absolute atomic E-state index is 0.0719. The van der Waals surface area contributed by atoms with Crippen LogP contribution in [0.1, 0.15) is 32.3 Å². The van der Waals surface area contributed by atoms with Gasteiger partial charge in [0.1, 0.15) is 11.5 Å². The Hall–Kier alpha value is -3.02. The molecular weight excluding hydrogens is 358 g/mol. The van der Waals surface area contributed by atoms with Gasteiger partial charge in [0.2, 0.25) is 6.10 Å². The van der Waals surface area contributed by atoms with E-state index in [0.29, 0.717) is 23.1 Å². The van der Waals surface area contributed by atoms with E-state index in [0.717, 1.165) is 0 Å². The normalized spacial score (nSPS) is 16.8. The number of carbonyl (C=O) groups excluding carboxylic acids is 2. The molecule has 0 fully saturated rings. The van der Waals surface area contributed by atoms with Crippen LogP contribution in [0.4, 0.5) is 5.69 Å². The lowest BCUT2D eigenvalue weighted by Crippen LogP contribution is -2.50. The molecule has 1 aliphatic heterocycles. The van der Waals surface area contributed by atoms with Gasteiger partial charge in [0.25, 0.3) is 5.91 Å². The minimum Gasteiger partial charge on any atom is -0.481 e. The van der Waals surface area contributed by atoms with Crippen LogP contribution >= 0.6 is 0 Å². The summed E-state index contributed by atoms with van der Waals surface area (Å²) in [7, 11) is 1.30. The van der Waals surface area contributed by atoms with Gasteiger partial charge in [0, 0.05) is 0 Å². The van der Waals surface area contributed by atoms with Gasteiger partial charge in [0.15, 0.2) is 6.10 Å². The number of hydrogen-bond donors (Lipinski definition) is 0. The summed E-state index contributed by atoms with van der Waals surface area (Å²) in [5.41, 5.74) is 1.81. The zero-order valence-electron chi connectivity index (χ0n) is 16.5. The Kier molecular flexibility index (Phi) is 5.87. The quantitative estimate of drug-likeness (QED) is 0.739. The standard InChI is InChI=1S/C22H25NO5/c1-14(2)16-9-11-17(12-10-16)27-15(3)21(24)23-13-20(22(25)26-4)28-19-8-6-5-7-18(19)23/h5-12,14-15,20H,13H2,1-4H3. The Morgan fingerprint density at radius 2 is 1.75 bits per heavy atom. The maximum atomic E-state index is 13.1. The molecule has 0 bridgehead atoms. The highest BCUT2D eigenvalue weighted by atomic mass is 16.6. The molecule has 1 aliphatic rings. The number of amides is 1. The second kappa shape index (κ2) is 8.33. The molecule has 1 heterocycles. The molecule has 0 radical (unpaired) electrons. The van der Waals surface area contributed by atoms with Crippen molar-refractivity contribution in [2.75, 3.05) is 18.6 Å². The van der Waals surface area contributed by atoms with Crippen LogP contribution in [0, 0.1) is 0 Å². The van der Waals surface area contributed by atoms with E-state index in [9.17, 15) is 9.59 Å². The van der Waals surface area contributed by atoms with Crippen molar-refractivity contribution in [1.82, 2.24) is 0 Å². The number of anilines is 1. The fraction of sp³-hybridized carbons (Fsp3) is 0.364. The maximum absolute atomic E-state index is 13.1. The zero-order chi connectivity index (χ0) is 20.3. The van der Waals surface area contributed by atoms with E-state index in [4.69, 9.17) is 14.2 Å². The highest BCUT2D eigenvalue weighted by molar-refractivity contribution is 5.99. The van der Waals surface area contributed by atoms with E-state index < -0.39 is 18.2 Å². The number of carbonyl (C=O) groups is 2. The third kappa shape index (κ3) is 4.11. The number of para-hydroxylation sites is 2. The number of benzene rings is 2. The molecular formula is C22H25NO5. The van der Waals surface area contributed by atoms with Gasteiger partial charge in [-0.3, -0.25) is 4.79 Å². The number of esters is 1. The molecule has 0 saturated carbocycles. The van der Waals surface area contributed by atoms with Crippen molar-refractivity contribution in [2.24, 2.45) is 0 Å². The lowest BCUT2D eigenvalue weighted by molar-refractivity contribution is -0.148. The number of hydrogen-bond acceptors (Lipinski definition) is 5. The van der Waals surface area contributed by atoms with Crippen LogP contribution in [-0.4, -0.2) is 37.7 Å². The molecule has 0 aliphatic carbocycles. The largest absolute Gasteiger partial charge is 0.481 e. The number of ether oxygens (including phenoxy) is 3. The summed E-state index contributed by atoms with van der Waals surface area (Å²) in [6, 6.07) is 14.8. The van der Waals surface area contributed by atoms with E-state index in [1.165, 1.54) is 17.6 Å². The summed E-state index contributed by atoms with van der Waals surface area (Å²) in [6.07, 6.45) is -1.60. The van der Waals surface area contributed by atoms with Gasteiger partial charge in [-0.15, -0.1) is 0 Å². The van der Waals surface area contributed by atoms with Crippen molar-refractivity contribution >= 4 is 17.6 Å². The van der Waals surface area contributed by atoms with Crippen molar-refractivity contribution in [3.05, 3.63) is 54.1 Å². The van der Waals surface area contributed by atoms with Crippen LogP contribution in [-0.2, 0) is 14.3 Å². The van der Waals surface area contributed by atoms with E-state index in [1.54, 1.807) is 25.1 Å². The number of fused-ring (bicyclic) bond motifs is 1. The molecule has 2 unspecified atom stereocenters. The lowest BCUT2D eigenvalue weighted by Gasteiger charge is -2.34. The van der Waals surface area contributed by atoms with Gasteiger partial charge < -0.3 is 19.1 Å². The SMILES string of the molecule is COC(=O)C1CN(C(=O)C(C)Oc2ccc(C(C)C)cc2)c2ccccc2O1. The smallest absolute Gasteiger partial charge is 0.348 e. The van der Waals surface area contributed by atoms with E-state index in [1.807, 2.05) is 30.3 Å². The van der Waals surface area contributed by atoms with Crippen LogP contribution in [0.3, 0.4) is 0 Å².